The molecule has 0 aliphatic rings. The molecular weight excluding hydrogens is 368 g/mol. The van der Waals surface area contributed by atoms with Crippen LogP contribution >= 0.6 is 11.6 Å². The minimum Gasteiger partial charge on any atom is -0.446 e. The standard InChI is InChI=1S/C19H25ClN4O3/c1-4-8-21-18(25)16-12-27-17(23-16)11-24(9-5-2)19(26)22-14-7-6-13(3)15(20)10-14/h6-7,10,12H,4-5,8-9,11H2,1-3H3,(H,21,25)(H,22,26). The maximum atomic E-state index is 12.6. The number of carbonyl (C=O) groups excluding carboxylic acids is 2. The number of rotatable bonds is 8. The van der Waals surface area contributed by atoms with Crippen LogP contribution in [-0.2, 0) is 6.54 Å². The highest BCUT2D eigenvalue weighted by molar-refractivity contribution is 6.31. The van der Waals surface area contributed by atoms with Crippen LogP contribution in [0.2, 0.25) is 5.02 Å². The van der Waals surface area contributed by atoms with Crippen LogP contribution in [-0.4, -0.2) is 34.9 Å². The molecule has 8 heteroatoms. The van der Waals surface area contributed by atoms with E-state index in [1.54, 1.807) is 17.0 Å². The summed E-state index contributed by atoms with van der Waals surface area (Å²) in [6.45, 7) is 7.10. The second-order valence-electron chi connectivity index (χ2n) is 6.20. The Morgan fingerprint density at radius 1 is 1.26 bits per heavy atom. The monoisotopic (exact) mass is 392 g/mol. The quantitative estimate of drug-likeness (QED) is 0.704. The van der Waals surface area contributed by atoms with Crippen molar-refractivity contribution in [2.24, 2.45) is 0 Å². The number of carbonyl (C=O) groups is 2. The molecule has 3 amide bonds. The van der Waals surface area contributed by atoms with Crippen molar-refractivity contribution in [1.82, 2.24) is 15.2 Å². The van der Waals surface area contributed by atoms with Gasteiger partial charge in [0.15, 0.2) is 5.69 Å². The zero-order valence-electron chi connectivity index (χ0n) is 15.8. The molecule has 27 heavy (non-hydrogen) atoms. The van der Waals surface area contributed by atoms with Gasteiger partial charge in [0, 0.05) is 23.8 Å². The number of aromatic nitrogens is 1. The zero-order valence-corrected chi connectivity index (χ0v) is 16.6. The molecule has 146 valence electrons. The Kier molecular flexibility index (Phi) is 7.67. The van der Waals surface area contributed by atoms with E-state index in [-0.39, 0.29) is 24.2 Å². The molecule has 0 atom stereocenters. The summed E-state index contributed by atoms with van der Waals surface area (Å²) in [5.74, 6) is 0.0230. The lowest BCUT2D eigenvalue weighted by atomic mass is 10.2. The van der Waals surface area contributed by atoms with Crippen LogP contribution in [0.4, 0.5) is 10.5 Å². The molecule has 0 fully saturated rings. The highest BCUT2D eigenvalue weighted by Crippen LogP contribution is 2.20. The van der Waals surface area contributed by atoms with Gasteiger partial charge in [0.1, 0.15) is 6.26 Å². The predicted octanol–water partition coefficient (Wildman–Crippen LogP) is 4.22. The molecule has 2 N–H and O–H groups in total. The van der Waals surface area contributed by atoms with E-state index < -0.39 is 0 Å². The van der Waals surface area contributed by atoms with Crippen molar-refractivity contribution in [2.75, 3.05) is 18.4 Å². The van der Waals surface area contributed by atoms with Crippen LogP contribution < -0.4 is 10.6 Å². The number of benzene rings is 1. The fourth-order valence-electron chi connectivity index (χ4n) is 2.38. The second-order valence-corrected chi connectivity index (χ2v) is 6.61. The SMILES string of the molecule is CCCNC(=O)c1coc(CN(CCC)C(=O)Nc2ccc(C)c(Cl)c2)n1. The normalized spacial score (nSPS) is 10.5. The maximum absolute atomic E-state index is 12.6. The molecular formula is C19H25ClN4O3. The van der Waals surface area contributed by atoms with E-state index in [1.165, 1.54) is 6.26 Å². The van der Waals surface area contributed by atoms with E-state index in [2.05, 4.69) is 15.6 Å². The number of hydrogen-bond acceptors (Lipinski definition) is 4. The van der Waals surface area contributed by atoms with Crippen molar-refractivity contribution in [3.05, 3.63) is 46.6 Å². The Morgan fingerprint density at radius 2 is 2.04 bits per heavy atom. The first-order valence-corrected chi connectivity index (χ1v) is 9.37. The Morgan fingerprint density at radius 3 is 2.70 bits per heavy atom. The van der Waals surface area contributed by atoms with Gasteiger partial charge in [-0.25, -0.2) is 9.78 Å². The van der Waals surface area contributed by atoms with Gasteiger partial charge in [0.2, 0.25) is 5.89 Å². The van der Waals surface area contributed by atoms with E-state index in [0.717, 1.165) is 18.4 Å². The lowest BCUT2D eigenvalue weighted by Gasteiger charge is -2.21. The third kappa shape index (κ3) is 5.99. The Hall–Kier alpha value is -2.54. The number of halogens is 1. The molecule has 7 nitrogen and oxygen atoms in total. The van der Waals surface area contributed by atoms with Crippen molar-refractivity contribution < 1.29 is 14.0 Å². The molecule has 2 rings (SSSR count). The number of nitrogens with one attached hydrogen (secondary N) is 2. The van der Waals surface area contributed by atoms with Gasteiger partial charge in [-0.05, 0) is 37.5 Å². The average Bonchev–Trinajstić information content (AvgIpc) is 3.11. The first-order valence-electron chi connectivity index (χ1n) is 8.99. The minimum absolute atomic E-state index is 0.167. The Bertz CT molecular complexity index is 791. The largest absolute Gasteiger partial charge is 0.446 e. The van der Waals surface area contributed by atoms with Gasteiger partial charge < -0.3 is 20.0 Å². The first-order chi connectivity index (χ1) is 12.9. The van der Waals surface area contributed by atoms with Crippen LogP contribution in [0.1, 0.15) is 48.6 Å². The maximum Gasteiger partial charge on any atom is 0.322 e. The molecule has 0 aliphatic heterocycles. The predicted molar refractivity (Wildman–Crippen MR) is 105 cm³/mol. The molecule has 1 aromatic carbocycles. The van der Waals surface area contributed by atoms with Gasteiger partial charge in [-0.1, -0.05) is 31.5 Å². The molecule has 2 aromatic rings. The smallest absolute Gasteiger partial charge is 0.322 e. The molecule has 0 saturated carbocycles. The fraction of sp³-hybridized carbons (Fsp3) is 0.421. The van der Waals surface area contributed by atoms with E-state index in [1.807, 2.05) is 26.8 Å². The summed E-state index contributed by atoms with van der Waals surface area (Å²) in [4.78, 5) is 30.3. The highest BCUT2D eigenvalue weighted by Gasteiger charge is 2.18. The summed E-state index contributed by atoms with van der Waals surface area (Å²) in [5.41, 5.74) is 1.76. The number of anilines is 1. The third-order valence-corrected chi connectivity index (χ3v) is 4.26. The van der Waals surface area contributed by atoms with Gasteiger partial charge in [-0.15, -0.1) is 0 Å². The fourth-order valence-corrected chi connectivity index (χ4v) is 2.56. The lowest BCUT2D eigenvalue weighted by molar-refractivity contribution is 0.0948. The molecule has 0 radical (unpaired) electrons. The number of urea groups is 1. The van der Waals surface area contributed by atoms with Gasteiger partial charge in [-0.2, -0.15) is 0 Å². The highest BCUT2D eigenvalue weighted by atomic mass is 35.5. The molecule has 0 aliphatic carbocycles. The summed E-state index contributed by atoms with van der Waals surface area (Å²) < 4.78 is 5.36. The number of aryl methyl sites for hydroxylation is 1. The molecule has 0 saturated heterocycles. The van der Waals surface area contributed by atoms with Crippen LogP contribution in [0, 0.1) is 6.92 Å². The van der Waals surface area contributed by atoms with Crippen LogP contribution in [0.5, 0.6) is 0 Å². The summed E-state index contributed by atoms with van der Waals surface area (Å²) in [7, 11) is 0. The van der Waals surface area contributed by atoms with Crippen LogP contribution in [0.25, 0.3) is 0 Å². The van der Waals surface area contributed by atoms with Gasteiger partial charge in [-0.3, -0.25) is 4.79 Å². The van der Waals surface area contributed by atoms with Crippen LogP contribution in [0.15, 0.2) is 28.9 Å². The van der Waals surface area contributed by atoms with Gasteiger partial charge in [0.25, 0.3) is 5.91 Å². The van der Waals surface area contributed by atoms with Crippen molar-refractivity contribution in [1.29, 1.82) is 0 Å². The van der Waals surface area contributed by atoms with E-state index >= 15 is 0 Å². The summed E-state index contributed by atoms with van der Waals surface area (Å²) in [5, 5.41) is 6.15. The summed E-state index contributed by atoms with van der Waals surface area (Å²) >= 11 is 6.11. The average molecular weight is 393 g/mol. The molecule has 0 bridgehead atoms. The molecule has 1 aromatic heterocycles. The third-order valence-electron chi connectivity index (χ3n) is 3.85. The van der Waals surface area contributed by atoms with Crippen molar-refractivity contribution in [3.63, 3.8) is 0 Å². The molecule has 1 heterocycles. The van der Waals surface area contributed by atoms with E-state index in [0.29, 0.717) is 29.7 Å². The van der Waals surface area contributed by atoms with Crippen molar-refractivity contribution >= 4 is 29.2 Å². The van der Waals surface area contributed by atoms with Gasteiger partial charge >= 0.3 is 6.03 Å². The van der Waals surface area contributed by atoms with Crippen LogP contribution in [0.3, 0.4) is 0 Å². The number of hydrogen-bond donors (Lipinski definition) is 2. The number of amides is 3. The second kappa shape index (κ2) is 9.97. The van der Waals surface area contributed by atoms with Crippen molar-refractivity contribution in [3.8, 4) is 0 Å². The Labute approximate surface area is 164 Å². The van der Waals surface area contributed by atoms with E-state index in [9.17, 15) is 9.59 Å². The summed E-state index contributed by atoms with van der Waals surface area (Å²) in [6, 6.07) is 5.06. The number of nitrogens with zero attached hydrogens (tertiary/aromatic N) is 2. The van der Waals surface area contributed by atoms with E-state index in [4.69, 9.17) is 16.0 Å². The Balaban J connectivity index is 2.03. The topological polar surface area (TPSA) is 87.5 Å². The lowest BCUT2D eigenvalue weighted by Crippen LogP contribution is -2.35. The molecule has 0 unspecified atom stereocenters. The number of oxazole rings is 1. The zero-order chi connectivity index (χ0) is 19.8. The summed E-state index contributed by atoms with van der Waals surface area (Å²) in [6.07, 6.45) is 2.92. The molecule has 0 spiro atoms. The van der Waals surface area contributed by atoms with Crippen molar-refractivity contribution in [2.45, 2.75) is 40.2 Å². The van der Waals surface area contributed by atoms with Gasteiger partial charge in [0.05, 0.1) is 6.54 Å². The minimum atomic E-state index is -0.285. The first kappa shape index (κ1) is 20.8.